The lowest BCUT2D eigenvalue weighted by molar-refractivity contribution is -0.124. The minimum Gasteiger partial charge on any atom is -0.322 e. The highest BCUT2D eigenvalue weighted by Crippen LogP contribution is 2.36. The molecule has 0 fully saturated rings. The Labute approximate surface area is 173 Å². The van der Waals surface area contributed by atoms with Crippen LogP contribution in [0.25, 0.3) is 0 Å². The molecule has 160 valence electrons. The lowest BCUT2D eigenvalue weighted by Crippen LogP contribution is -2.52. The summed E-state index contributed by atoms with van der Waals surface area (Å²) in [6, 6.07) is 6.14. The van der Waals surface area contributed by atoms with Crippen molar-refractivity contribution in [1.29, 1.82) is 0 Å². The minimum absolute atomic E-state index is 0.00320. The average Bonchev–Trinajstić information content (AvgIpc) is 2.59. The predicted molar refractivity (Wildman–Crippen MR) is 109 cm³/mol. The van der Waals surface area contributed by atoms with Crippen LogP contribution in [0.3, 0.4) is 0 Å². The van der Waals surface area contributed by atoms with Crippen molar-refractivity contribution in [2.75, 3.05) is 16.5 Å². The molecule has 0 saturated carbocycles. The molecule has 3 rings (SSSR count). The van der Waals surface area contributed by atoms with Gasteiger partial charge in [0.25, 0.3) is 0 Å². The number of carbonyl (C=O) groups is 2. The fourth-order valence-corrected chi connectivity index (χ4v) is 4.14. The topological polar surface area (TPSA) is 83.6 Å². The van der Waals surface area contributed by atoms with Crippen LogP contribution in [0.2, 0.25) is 0 Å². The summed E-state index contributed by atoms with van der Waals surface area (Å²) in [5.74, 6) is -2.48. The summed E-state index contributed by atoms with van der Waals surface area (Å²) in [4.78, 5) is 27.2. The van der Waals surface area contributed by atoms with Gasteiger partial charge in [-0.2, -0.15) is 0 Å². The Hall–Kier alpha value is -2.81. The number of rotatable bonds is 5. The zero-order valence-electron chi connectivity index (χ0n) is 16.8. The standard InChI is InChI=1S/C21H22F2N2O4S/c1-12(2)6-19-21(27)24-17-11-16(30(3,28)29)4-5-18(17)25(19)20(26)9-13-7-14(22)10-15(23)8-13/h4-5,7-8,10-12,19H,6,9H2,1-3H3,(H,24,27). The van der Waals surface area contributed by atoms with Crippen molar-refractivity contribution < 1.29 is 26.8 Å². The van der Waals surface area contributed by atoms with Crippen LogP contribution < -0.4 is 10.2 Å². The molecule has 2 aromatic rings. The van der Waals surface area contributed by atoms with Gasteiger partial charge in [-0.1, -0.05) is 13.8 Å². The van der Waals surface area contributed by atoms with E-state index in [4.69, 9.17) is 0 Å². The molecule has 0 bridgehead atoms. The molecule has 2 aromatic carbocycles. The Balaban J connectivity index is 2.05. The van der Waals surface area contributed by atoms with E-state index in [1.54, 1.807) is 0 Å². The second-order valence-corrected chi connectivity index (χ2v) is 9.82. The Kier molecular flexibility index (Phi) is 5.94. The lowest BCUT2D eigenvalue weighted by Gasteiger charge is -2.37. The molecule has 9 heteroatoms. The second-order valence-electron chi connectivity index (χ2n) is 7.80. The molecule has 0 aromatic heterocycles. The number of sulfone groups is 1. The molecular weight excluding hydrogens is 414 g/mol. The van der Waals surface area contributed by atoms with E-state index >= 15 is 0 Å². The number of anilines is 2. The number of amides is 2. The monoisotopic (exact) mass is 436 g/mol. The van der Waals surface area contributed by atoms with Crippen molar-refractivity contribution in [3.63, 3.8) is 0 Å². The Bertz CT molecular complexity index is 1100. The summed E-state index contributed by atoms with van der Waals surface area (Å²) in [5.41, 5.74) is 0.678. The third-order valence-electron chi connectivity index (χ3n) is 4.77. The number of nitrogens with one attached hydrogen (secondary N) is 1. The quantitative estimate of drug-likeness (QED) is 0.780. The molecule has 1 unspecified atom stereocenters. The molecule has 1 atom stereocenters. The molecule has 0 spiro atoms. The van der Waals surface area contributed by atoms with Crippen LogP contribution in [0, 0.1) is 17.6 Å². The number of hydrogen-bond donors (Lipinski definition) is 1. The number of benzene rings is 2. The molecule has 30 heavy (non-hydrogen) atoms. The van der Waals surface area contributed by atoms with E-state index in [0.717, 1.165) is 18.4 Å². The van der Waals surface area contributed by atoms with Crippen molar-refractivity contribution >= 4 is 33.0 Å². The summed E-state index contributed by atoms with van der Waals surface area (Å²) >= 11 is 0. The van der Waals surface area contributed by atoms with Crippen LogP contribution in [0.15, 0.2) is 41.3 Å². The van der Waals surface area contributed by atoms with Crippen molar-refractivity contribution in [1.82, 2.24) is 0 Å². The summed E-state index contributed by atoms with van der Waals surface area (Å²) < 4.78 is 50.8. The van der Waals surface area contributed by atoms with Crippen LogP contribution in [0.1, 0.15) is 25.8 Å². The van der Waals surface area contributed by atoms with E-state index in [9.17, 15) is 26.8 Å². The molecule has 2 amide bonds. The molecule has 1 aliphatic heterocycles. The third-order valence-corrected chi connectivity index (χ3v) is 5.88. The first kappa shape index (κ1) is 21.9. The van der Waals surface area contributed by atoms with Gasteiger partial charge in [0.15, 0.2) is 9.84 Å². The van der Waals surface area contributed by atoms with Gasteiger partial charge in [0, 0.05) is 12.3 Å². The average molecular weight is 436 g/mol. The maximum atomic E-state index is 13.5. The van der Waals surface area contributed by atoms with Gasteiger partial charge in [0.2, 0.25) is 11.8 Å². The highest BCUT2D eigenvalue weighted by Gasteiger charge is 2.37. The van der Waals surface area contributed by atoms with E-state index in [2.05, 4.69) is 5.32 Å². The van der Waals surface area contributed by atoms with Crippen molar-refractivity contribution in [2.45, 2.75) is 37.6 Å². The zero-order chi connectivity index (χ0) is 22.2. The summed E-state index contributed by atoms with van der Waals surface area (Å²) in [5, 5.41) is 2.68. The maximum Gasteiger partial charge on any atom is 0.247 e. The first-order valence-electron chi connectivity index (χ1n) is 9.37. The summed E-state index contributed by atoms with van der Waals surface area (Å²) in [6.07, 6.45) is 1.09. The van der Waals surface area contributed by atoms with Gasteiger partial charge in [0.1, 0.15) is 17.7 Å². The maximum absolute atomic E-state index is 13.5. The first-order chi connectivity index (χ1) is 14.0. The normalized spacial score (nSPS) is 16.4. The summed E-state index contributed by atoms with van der Waals surface area (Å²) in [7, 11) is -3.52. The van der Waals surface area contributed by atoms with Crippen molar-refractivity contribution in [2.24, 2.45) is 5.92 Å². The highest BCUT2D eigenvalue weighted by atomic mass is 32.2. The van der Waals surface area contributed by atoms with E-state index in [1.165, 1.54) is 23.1 Å². The molecule has 1 heterocycles. The molecule has 0 aliphatic carbocycles. The third kappa shape index (κ3) is 4.67. The van der Waals surface area contributed by atoms with Gasteiger partial charge in [0.05, 0.1) is 22.7 Å². The molecule has 1 aliphatic rings. The van der Waals surface area contributed by atoms with Crippen molar-refractivity contribution in [3.05, 3.63) is 53.6 Å². The number of carbonyl (C=O) groups excluding carboxylic acids is 2. The number of halogens is 2. The SMILES string of the molecule is CC(C)CC1C(=O)Nc2cc(S(C)(=O)=O)ccc2N1C(=O)Cc1cc(F)cc(F)c1. The molecule has 6 nitrogen and oxygen atoms in total. The Morgan fingerprint density at radius 2 is 1.77 bits per heavy atom. The van der Waals surface area contributed by atoms with E-state index in [0.29, 0.717) is 18.2 Å². The Morgan fingerprint density at radius 3 is 2.33 bits per heavy atom. The number of hydrogen-bond acceptors (Lipinski definition) is 4. The fourth-order valence-electron chi connectivity index (χ4n) is 3.50. The van der Waals surface area contributed by atoms with E-state index in [-0.39, 0.29) is 28.5 Å². The molecule has 0 saturated heterocycles. The predicted octanol–water partition coefficient (Wildman–Crippen LogP) is 3.31. The van der Waals surface area contributed by atoms with Gasteiger partial charge >= 0.3 is 0 Å². The van der Waals surface area contributed by atoms with Crippen LogP contribution in [0.5, 0.6) is 0 Å². The molecule has 1 N–H and O–H groups in total. The number of fused-ring (bicyclic) bond motifs is 1. The van der Waals surface area contributed by atoms with Gasteiger partial charge in [-0.05, 0) is 48.2 Å². The fraction of sp³-hybridized carbons (Fsp3) is 0.333. The van der Waals surface area contributed by atoms with Gasteiger partial charge in [-0.3, -0.25) is 14.5 Å². The van der Waals surface area contributed by atoms with Crippen LogP contribution in [-0.4, -0.2) is 32.5 Å². The zero-order valence-corrected chi connectivity index (χ0v) is 17.6. The van der Waals surface area contributed by atoms with Crippen LogP contribution in [0.4, 0.5) is 20.2 Å². The smallest absolute Gasteiger partial charge is 0.247 e. The first-order valence-corrected chi connectivity index (χ1v) is 11.3. The largest absolute Gasteiger partial charge is 0.322 e. The summed E-state index contributed by atoms with van der Waals surface area (Å²) in [6.45, 7) is 3.81. The van der Waals surface area contributed by atoms with Crippen molar-refractivity contribution in [3.8, 4) is 0 Å². The number of nitrogens with zero attached hydrogens (tertiary/aromatic N) is 1. The van der Waals surface area contributed by atoms with E-state index < -0.39 is 39.3 Å². The minimum atomic E-state index is -3.52. The highest BCUT2D eigenvalue weighted by molar-refractivity contribution is 7.90. The van der Waals surface area contributed by atoms with Gasteiger partial charge in [-0.15, -0.1) is 0 Å². The van der Waals surface area contributed by atoms with Crippen LogP contribution in [-0.2, 0) is 25.8 Å². The Morgan fingerprint density at radius 1 is 1.13 bits per heavy atom. The van der Waals surface area contributed by atoms with Crippen LogP contribution >= 0.6 is 0 Å². The molecular formula is C21H22F2N2O4S. The van der Waals surface area contributed by atoms with Gasteiger partial charge < -0.3 is 5.32 Å². The van der Waals surface area contributed by atoms with E-state index in [1.807, 2.05) is 13.8 Å². The van der Waals surface area contributed by atoms with Gasteiger partial charge in [-0.25, -0.2) is 17.2 Å². The lowest BCUT2D eigenvalue weighted by atomic mass is 9.97. The second kappa shape index (κ2) is 8.14. The molecule has 0 radical (unpaired) electrons.